The summed E-state index contributed by atoms with van der Waals surface area (Å²) in [4.78, 5) is 3.78. The van der Waals surface area contributed by atoms with Gasteiger partial charge in [0.15, 0.2) is 0 Å². The van der Waals surface area contributed by atoms with E-state index in [9.17, 15) is 0 Å². The number of pyridine rings is 1. The Hall–Kier alpha value is -1.35. The molecule has 59 valence electrons. The Bertz CT molecular complexity index is 138. The normalized spacial score (nSPS) is 4.73. The Balaban J connectivity index is -0.000000114. The van der Waals surface area contributed by atoms with E-state index in [0.717, 1.165) is 0 Å². The van der Waals surface area contributed by atoms with E-state index < -0.39 is 0 Å². The standard InChI is InChI=1S/C5H5N.2CN.Cu/c1-2-4-6-5-3-1;2*1-2;/h1-5H;;;/q;2*-1;+2. The van der Waals surface area contributed by atoms with Crippen molar-refractivity contribution in [2.75, 3.05) is 0 Å². The second kappa shape index (κ2) is 23.4. The molecule has 4 heteroatoms. The summed E-state index contributed by atoms with van der Waals surface area (Å²) in [5.41, 5.74) is 0. The molecule has 0 aromatic carbocycles. The average Bonchev–Trinajstić information content (AvgIpc) is 2.14. The van der Waals surface area contributed by atoms with Gasteiger partial charge in [0, 0.05) is 12.4 Å². The summed E-state index contributed by atoms with van der Waals surface area (Å²) in [6, 6.07) is 5.72. The molecule has 1 aromatic rings. The second-order valence-electron chi connectivity index (χ2n) is 1.02. The Labute approximate surface area is 76.8 Å². The maximum atomic E-state index is 6.25. The average molecular weight is 195 g/mol. The minimum Gasteiger partial charge on any atom is -0.512 e. The third-order valence-electron chi connectivity index (χ3n) is 0.566. The first-order valence-corrected chi connectivity index (χ1v) is 2.30. The van der Waals surface area contributed by atoms with Gasteiger partial charge in [0.1, 0.15) is 0 Å². The van der Waals surface area contributed by atoms with Gasteiger partial charge in [-0.05, 0) is 12.1 Å². The van der Waals surface area contributed by atoms with Crippen molar-refractivity contribution in [1.82, 2.24) is 4.98 Å². The van der Waals surface area contributed by atoms with Gasteiger partial charge >= 0.3 is 17.1 Å². The minimum atomic E-state index is 0. The first kappa shape index (κ1) is 16.3. The van der Waals surface area contributed by atoms with Crippen molar-refractivity contribution in [3.63, 3.8) is 0 Å². The molecule has 0 fully saturated rings. The molecule has 0 atom stereocenters. The Morgan fingerprint density at radius 2 is 1.18 bits per heavy atom. The van der Waals surface area contributed by atoms with Crippen LogP contribution in [0, 0.1) is 23.7 Å². The van der Waals surface area contributed by atoms with Gasteiger partial charge in [-0.15, -0.1) is 0 Å². The van der Waals surface area contributed by atoms with Crippen LogP contribution in [0.3, 0.4) is 0 Å². The second-order valence-corrected chi connectivity index (χ2v) is 1.02. The van der Waals surface area contributed by atoms with Gasteiger partial charge in [-0.2, -0.15) is 0 Å². The van der Waals surface area contributed by atoms with E-state index in [4.69, 9.17) is 23.7 Å². The Morgan fingerprint density at radius 3 is 1.27 bits per heavy atom. The number of nitrogens with zero attached hydrogens (tertiary/aromatic N) is 3. The van der Waals surface area contributed by atoms with Crippen LogP contribution in [-0.4, -0.2) is 4.98 Å². The van der Waals surface area contributed by atoms with Gasteiger partial charge in [-0.3, -0.25) is 4.98 Å². The van der Waals surface area contributed by atoms with Crippen LogP contribution in [0.2, 0.25) is 0 Å². The predicted molar refractivity (Wildman–Crippen MR) is 34.2 cm³/mol. The van der Waals surface area contributed by atoms with E-state index >= 15 is 0 Å². The van der Waals surface area contributed by atoms with Crippen molar-refractivity contribution in [1.29, 1.82) is 10.5 Å². The summed E-state index contributed by atoms with van der Waals surface area (Å²) in [5.74, 6) is 0. The van der Waals surface area contributed by atoms with E-state index in [2.05, 4.69) is 4.98 Å². The zero-order chi connectivity index (χ0) is 8.24. The molecule has 0 saturated heterocycles. The van der Waals surface area contributed by atoms with Crippen molar-refractivity contribution >= 4 is 0 Å². The molecule has 0 aliphatic heterocycles. The van der Waals surface area contributed by atoms with Crippen LogP contribution in [0.1, 0.15) is 0 Å². The van der Waals surface area contributed by atoms with Crippen LogP contribution in [-0.2, 0) is 17.1 Å². The third-order valence-corrected chi connectivity index (χ3v) is 0.566. The zero-order valence-electron chi connectivity index (χ0n) is 5.53. The minimum absolute atomic E-state index is 0. The van der Waals surface area contributed by atoms with Crippen molar-refractivity contribution in [3.8, 4) is 0 Å². The molecule has 0 bridgehead atoms. The molecular formula is C7H5CuN3. The van der Waals surface area contributed by atoms with Gasteiger partial charge in [-0.1, -0.05) is 6.07 Å². The molecule has 1 rings (SSSR count). The Kier molecular flexibility index (Phi) is 34.8. The van der Waals surface area contributed by atoms with Crippen molar-refractivity contribution in [3.05, 3.63) is 43.7 Å². The molecule has 0 unspecified atom stereocenters. The van der Waals surface area contributed by atoms with Gasteiger partial charge in [-0.25, -0.2) is 0 Å². The van der Waals surface area contributed by atoms with Gasteiger partial charge in [0.05, 0.1) is 0 Å². The molecule has 0 amide bonds. The van der Waals surface area contributed by atoms with E-state index in [1.54, 1.807) is 12.4 Å². The van der Waals surface area contributed by atoms with Crippen molar-refractivity contribution in [2.24, 2.45) is 0 Å². The summed E-state index contributed by atoms with van der Waals surface area (Å²) >= 11 is 0. The maximum absolute atomic E-state index is 6.25. The smallest absolute Gasteiger partial charge is 0.512 e. The summed E-state index contributed by atoms with van der Waals surface area (Å²) in [7, 11) is 0. The van der Waals surface area contributed by atoms with Crippen LogP contribution < -0.4 is 0 Å². The fourth-order valence-corrected chi connectivity index (χ4v) is 0.313. The fourth-order valence-electron chi connectivity index (χ4n) is 0.313. The van der Waals surface area contributed by atoms with Gasteiger partial charge in [0.25, 0.3) is 0 Å². The predicted octanol–water partition coefficient (Wildman–Crippen LogP) is 1.27. The van der Waals surface area contributed by atoms with Crippen LogP contribution in [0.5, 0.6) is 0 Å². The number of aromatic nitrogens is 1. The molecular weight excluding hydrogens is 190 g/mol. The quantitative estimate of drug-likeness (QED) is 0.462. The summed E-state index contributed by atoms with van der Waals surface area (Å²) < 4.78 is 0. The monoisotopic (exact) mass is 194 g/mol. The molecule has 1 radical (unpaired) electrons. The largest absolute Gasteiger partial charge is 2.00 e. The molecule has 1 heterocycles. The van der Waals surface area contributed by atoms with Crippen LogP contribution in [0.15, 0.2) is 30.6 Å². The molecule has 11 heavy (non-hydrogen) atoms. The fraction of sp³-hybridized carbons (Fsp3) is 0. The summed E-state index contributed by atoms with van der Waals surface area (Å²) in [5, 5.41) is 12.5. The van der Waals surface area contributed by atoms with Gasteiger partial charge in [0.2, 0.25) is 0 Å². The SMILES string of the molecule is [C-]#N.[C-]#N.[Cu+2].c1ccncc1. The van der Waals surface area contributed by atoms with Crippen LogP contribution in [0.25, 0.3) is 0 Å². The number of hydrogen-bond donors (Lipinski definition) is 0. The van der Waals surface area contributed by atoms with Gasteiger partial charge < -0.3 is 23.7 Å². The maximum Gasteiger partial charge on any atom is 2.00 e. The topological polar surface area (TPSA) is 60.5 Å². The summed E-state index contributed by atoms with van der Waals surface area (Å²) in [6.07, 6.45) is 3.50. The molecule has 0 saturated carbocycles. The third kappa shape index (κ3) is 17.7. The molecule has 0 N–H and O–H groups in total. The molecule has 1 aromatic heterocycles. The molecule has 0 aliphatic carbocycles. The van der Waals surface area contributed by atoms with E-state index in [1.165, 1.54) is 0 Å². The molecule has 0 aliphatic rings. The zero-order valence-corrected chi connectivity index (χ0v) is 6.47. The van der Waals surface area contributed by atoms with E-state index in [-0.39, 0.29) is 17.1 Å². The van der Waals surface area contributed by atoms with E-state index in [0.29, 0.717) is 0 Å². The Morgan fingerprint density at radius 1 is 0.818 bits per heavy atom. The van der Waals surface area contributed by atoms with Crippen LogP contribution in [0.4, 0.5) is 0 Å². The summed E-state index contributed by atoms with van der Waals surface area (Å²) in [6.45, 7) is 9.50. The van der Waals surface area contributed by atoms with E-state index in [1.807, 2.05) is 18.2 Å². The number of rotatable bonds is 0. The number of hydrogen-bond acceptors (Lipinski definition) is 3. The van der Waals surface area contributed by atoms with Crippen molar-refractivity contribution in [2.45, 2.75) is 0 Å². The first-order chi connectivity index (χ1) is 5.00. The van der Waals surface area contributed by atoms with Crippen molar-refractivity contribution < 1.29 is 17.1 Å². The van der Waals surface area contributed by atoms with Crippen LogP contribution >= 0.6 is 0 Å². The first-order valence-electron chi connectivity index (χ1n) is 2.30. The molecule has 0 spiro atoms. The molecule has 3 nitrogen and oxygen atoms in total.